The van der Waals surface area contributed by atoms with Crippen molar-refractivity contribution in [3.05, 3.63) is 39.2 Å². The van der Waals surface area contributed by atoms with Gasteiger partial charge in [0.05, 0.1) is 6.54 Å². The molecule has 1 heterocycles. The number of aromatic nitrogens is 2. The van der Waals surface area contributed by atoms with Gasteiger partial charge in [-0.05, 0) is 73.8 Å². The van der Waals surface area contributed by atoms with Crippen LogP contribution in [0.4, 0.5) is 9.18 Å². The third-order valence-electron chi connectivity index (χ3n) is 3.82. The molecule has 0 aliphatic carbocycles. The van der Waals surface area contributed by atoms with Crippen LogP contribution in [-0.2, 0) is 11.3 Å². The second kappa shape index (κ2) is 8.94. The van der Waals surface area contributed by atoms with Crippen molar-refractivity contribution in [2.24, 2.45) is 0 Å². The number of ether oxygens (including phenoxy) is 2. The SMILES string of the molecule is CC(=O)c1c(Br)c(Oc2cc(C)c(F)c(C)c2)nn1CCNC(=O)OC(C)(C)C. The number of nitrogens with one attached hydrogen (secondary N) is 1. The fourth-order valence-corrected chi connectivity index (χ4v) is 3.28. The zero-order valence-electron chi connectivity index (χ0n) is 17.4. The summed E-state index contributed by atoms with van der Waals surface area (Å²) in [6, 6.07) is 3.12. The fourth-order valence-electron chi connectivity index (χ4n) is 2.64. The number of halogens is 2. The van der Waals surface area contributed by atoms with Crippen LogP contribution >= 0.6 is 15.9 Å². The smallest absolute Gasteiger partial charge is 0.407 e. The molecule has 0 aliphatic rings. The van der Waals surface area contributed by atoms with Crippen LogP contribution < -0.4 is 10.1 Å². The molecule has 0 spiro atoms. The molecule has 1 aromatic carbocycles. The third kappa shape index (κ3) is 6.03. The highest BCUT2D eigenvalue weighted by atomic mass is 79.9. The molecule has 2 rings (SSSR count). The first-order valence-corrected chi connectivity index (χ1v) is 9.87. The van der Waals surface area contributed by atoms with E-state index in [1.54, 1.807) is 46.8 Å². The molecule has 29 heavy (non-hydrogen) atoms. The molecule has 7 nitrogen and oxygen atoms in total. The lowest BCUT2D eigenvalue weighted by Gasteiger charge is -2.19. The maximum Gasteiger partial charge on any atom is 0.407 e. The Kier molecular flexibility index (Phi) is 7.05. The largest absolute Gasteiger partial charge is 0.444 e. The number of ketones is 1. The molecule has 0 aliphatic heterocycles. The standard InChI is InChI=1S/C20H25BrFN3O4/c1-11-9-14(10-12(2)16(11)22)28-18-15(21)17(13(3)26)25(24-18)8-7-23-19(27)29-20(4,5)6/h9-10H,7-8H2,1-6H3,(H,23,27). The molecule has 1 amide bonds. The van der Waals surface area contributed by atoms with Crippen LogP contribution in [-0.4, -0.2) is 33.8 Å². The van der Waals surface area contributed by atoms with Gasteiger partial charge in [-0.25, -0.2) is 9.18 Å². The Labute approximate surface area is 177 Å². The molecule has 2 aromatic rings. The average molecular weight is 470 g/mol. The summed E-state index contributed by atoms with van der Waals surface area (Å²) in [5.74, 6) is 0.0779. The van der Waals surface area contributed by atoms with Crippen molar-refractivity contribution in [1.29, 1.82) is 0 Å². The number of alkyl carbamates (subject to hydrolysis) is 1. The van der Waals surface area contributed by atoms with Gasteiger partial charge in [-0.2, -0.15) is 0 Å². The minimum atomic E-state index is -0.601. The molecule has 0 saturated carbocycles. The Balaban J connectivity index is 2.18. The number of hydrogen-bond donors (Lipinski definition) is 1. The first-order valence-electron chi connectivity index (χ1n) is 9.07. The lowest BCUT2D eigenvalue weighted by molar-refractivity contribution is 0.0525. The Morgan fingerprint density at radius 3 is 2.34 bits per heavy atom. The van der Waals surface area contributed by atoms with E-state index in [1.807, 2.05) is 0 Å². The number of hydrogen-bond acceptors (Lipinski definition) is 5. The molecule has 0 atom stereocenters. The van der Waals surface area contributed by atoms with E-state index in [-0.39, 0.29) is 30.6 Å². The number of nitrogens with zero attached hydrogens (tertiary/aromatic N) is 2. The predicted octanol–water partition coefficient (Wildman–Crippen LogP) is 4.92. The lowest BCUT2D eigenvalue weighted by Crippen LogP contribution is -2.34. The lowest BCUT2D eigenvalue weighted by atomic mass is 10.1. The fraction of sp³-hybridized carbons (Fsp3) is 0.450. The van der Waals surface area contributed by atoms with Crippen molar-refractivity contribution in [3.63, 3.8) is 0 Å². The molecule has 158 valence electrons. The highest BCUT2D eigenvalue weighted by Crippen LogP contribution is 2.33. The van der Waals surface area contributed by atoms with Crippen LogP contribution in [0.15, 0.2) is 16.6 Å². The Hall–Kier alpha value is -2.42. The summed E-state index contributed by atoms with van der Waals surface area (Å²) in [7, 11) is 0. The van der Waals surface area contributed by atoms with E-state index in [0.717, 1.165) is 0 Å². The first kappa shape index (κ1) is 22.9. The van der Waals surface area contributed by atoms with Crippen molar-refractivity contribution in [3.8, 4) is 11.6 Å². The highest BCUT2D eigenvalue weighted by molar-refractivity contribution is 9.10. The van der Waals surface area contributed by atoms with Crippen molar-refractivity contribution in [2.45, 2.75) is 53.7 Å². The van der Waals surface area contributed by atoms with Crippen LogP contribution in [0, 0.1) is 19.7 Å². The number of rotatable bonds is 6. The first-order chi connectivity index (χ1) is 13.4. The van der Waals surface area contributed by atoms with E-state index in [9.17, 15) is 14.0 Å². The van der Waals surface area contributed by atoms with Crippen LogP contribution in [0.25, 0.3) is 0 Å². The van der Waals surface area contributed by atoms with Gasteiger partial charge in [0.1, 0.15) is 27.3 Å². The Bertz CT molecular complexity index is 912. The van der Waals surface area contributed by atoms with Crippen LogP contribution in [0.5, 0.6) is 11.6 Å². The topological polar surface area (TPSA) is 82.5 Å². The molecule has 1 N–H and O–H groups in total. The molecule has 9 heteroatoms. The van der Waals surface area contributed by atoms with Gasteiger partial charge in [-0.15, -0.1) is 5.10 Å². The number of carbonyl (C=O) groups is 2. The van der Waals surface area contributed by atoms with Crippen molar-refractivity contribution in [1.82, 2.24) is 15.1 Å². The van der Waals surface area contributed by atoms with Gasteiger partial charge in [0.25, 0.3) is 5.88 Å². The van der Waals surface area contributed by atoms with E-state index in [0.29, 0.717) is 27.0 Å². The number of aryl methyl sites for hydroxylation is 2. The van der Waals surface area contributed by atoms with Gasteiger partial charge in [-0.3, -0.25) is 9.48 Å². The summed E-state index contributed by atoms with van der Waals surface area (Å²) in [5, 5.41) is 6.94. The Morgan fingerprint density at radius 1 is 1.24 bits per heavy atom. The van der Waals surface area contributed by atoms with E-state index in [4.69, 9.17) is 9.47 Å². The quantitative estimate of drug-likeness (QED) is 0.606. The van der Waals surface area contributed by atoms with E-state index in [1.165, 1.54) is 11.6 Å². The normalized spacial score (nSPS) is 11.3. The molecular weight excluding hydrogens is 445 g/mol. The third-order valence-corrected chi connectivity index (χ3v) is 4.53. The predicted molar refractivity (Wildman–Crippen MR) is 110 cm³/mol. The van der Waals surface area contributed by atoms with Gasteiger partial charge in [0.15, 0.2) is 5.78 Å². The van der Waals surface area contributed by atoms with Crippen LogP contribution in [0.1, 0.15) is 49.3 Å². The molecular formula is C20H25BrFN3O4. The number of Topliss-reactive ketones (excluding diaryl/α,β-unsaturated/α-hetero) is 1. The molecule has 0 unspecified atom stereocenters. The summed E-state index contributed by atoms with van der Waals surface area (Å²) < 4.78 is 26.6. The van der Waals surface area contributed by atoms with Crippen molar-refractivity contribution < 1.29 is 23.5 Å². The minimum absolute atomic E-state index is 0.179. The number of carbonyl (C=O) groups excluding carboxylic acids is 2. The average Bonchev–Trinajstić information content (AvgIpc) is 2.86. The molecule has 0 bridgehead atoms. The van der Waals surface area contributed by atoms with Crippen molar-refractivity contribution in [2.75, 3.05) is 6.54 Å². The summed E-state index contributed by atoms with van der Waals surface area (Å²) in [5.41, 5.74) is 0.602. The summed E-state index contributed by atoms with van der Waals surface area (Å²) >= 11 is 3.36. The van der Waals surface area contributed by atoms with Gasteiger partial charge in [0, 0.05) is 13.5 Å². The molecule has 0 radical (unpaired) electrons. The minimum Gasteiger partial charge on any atom is -0.444 e. The second-order valence-electron chi connectivity index (χ2n) is 7.65. The summed E-state index contributed by atoms with van der Waals surface area (Å²) in [4.78, 5) is 23.9. The molecule has 1 aromatic heterocycles. The van der Waals surface area contributed by atoms with Gasteiger partial charge in [-0.1, -0.05) is 0 Å². The zero-order valence-corrected chi connectivity index (χ0v) is 18.9. The van der Waals surface area contributed by atoms with Crippen molar-refractivity contribution >= 4 is 27.8 Å². The highest BCUT2D eigenvalue weighted by Gasteiger charge is 2.22. The van der Waals surface area contributed by atoms with Gasteiger partial charge in [0.2, 0.25) is 0 Å². The number of benzene rings is 1. The summed E-state index contributed by atoms with van der Waals surface area (Å²) in [6.45, 7) is 10.5. The van der Waals surface area contributed by atoms with E-state index < -0.39 is 11.7 Å². The monoisotopic (exact) mass is 469 g/mol. The maximum absolute atomic E-state index is 13.8. The van der Waals surface area contributed by atoms with Gasteiger partial charge >= 0.3 is 6.09 Å². The Morgan fingerprint density at radius 2 is 1.83 bits per heavy atom. The maximum atomic E-state index is 13.8. The second-order valence-corrected chi connectivity index (χ2v) is 8.44. The zero-order chi connectivity index (χ0) is 21.9. The van der Waals surface area contributed by atoms with Crippen LogP contribution in [0.3, 0.4) is 0 Å². The van der Waals surface area contributed by atoms with Crippen LogP contribution in [0.2, 0.25) is 0 Å². The summed E-state index contributed by atoms with van der Waals surface area (Å²) in [6.07, 6.45) is -0.554. The molecule has 0 fully saturated rings. The number of amides is 1. The van der Waals surface area contributed by atoms with Gasteiger partial charge < -0.3 is 14.8 Å². The van der Waals surface area contributed by atoms with E-state index in [2.05, 4.69) is 26.3 Å². The van der Waals surface area contributed by atoms with E-state index >= 15 is 0 Å². The molecule has 0 saturated heterocycles.